The van der Waals surface area contributed by atoms with Gasteiger partial charge in [-0.3, -0.25) is 14.5 Å². The van der Waals surface area contributed by atoms with E-state index in [9.17, 15) is 26.4 Å². The van der Waals surface area contributed by atoms with Gasteiger partial charge in [0.2, 0.25) is 0 Å². The Morgan fingerprint density at radius 2 is 1.82 bits per heavy atom. The van der Waals surface area contributed by atoms with Crippen LogP contribution in [0, 0.1) is 11.3 Å². The van der Waals surface area contributed by atoms with Gasteiger partial charge in [0.15, 0.2) is 0 Å². The van der Waals surface area contributed by atoms with Crippen molar-refractivity contribution in [2.24, 2.45) is 0 Å². The van der Waals surface area contributed by atoms with Crippen LogP contribution in [0.4, 0.5) is 18.9 Å². The Bertz CT molecular complexity index is 1290. The van der Waals surface area contributed by atoms with Gasteiger partial charge in [-0.25, -0.2) is 8.42 Å². The molecular weight excluding hydrogens is 469 g/mol. The van der Waals surface area contributed by atoms with E-state index in [0.29, 0.717) is 6.07 Å². The fourth-order valence-electron chi connectivity index (χ4n) is 3.08. The summed E-state index contributed by atoms with van der Waals surface area (Å²) in [6, 6.07) is 14.3. The molecule has 0 aliphatic heterocycles. The van der Waals surface area contributed by atoms with Crippen molar-refractivity contribution >= 4 is 21.6 Å². The number of sulfonamides is 1. The van der Waals surface area contributed by atoms with Crippen LogP contribution in [0.5, 0.6) is 0 Å². The summed E-state index contributed by atoms with van der Waals surface area (Å²) in [4.78, 5) is 18.2. The number of nitrogens with one attached hydrogen (secondary N) is 1. The molecule has 0 aliphatic carbocycles. The van der Waals surface area contributed by atoms with Crippen LogP contribution >= 0.6 is 0 Å². The summed E-state index contributed by atoms with van der Waals surface area (Å²) in [5, 5.41) is 8.91. The van der Waals surface area contributed by atoms with Gasteiger partial charge in [0.1, 0.15) is 0 Å². The van der Waals surface area contributed by atoms with Gasteiger partial charge < -0.3 is 4.90 Å². The number of hydrogen-bond donors (Lipinski definition) is 1. The molecule has 1 aromatic heterocycles. The first kappa shape index (κ1) is 24.7. The maximum atomic E-state index is 13.0. The Morgan fingerprint density at radius 1 is 1.09 bits per heavy atom. The molecule has 2 aromatic carbocycles. The van der Waals surface area contributed by atoms with Crippen molar-refractivity contribution in [1.82, 2.24) is 9.88 Å². The molecule has 0 aliphatic rings. The van der Waals surface area contributed by atoms with Crippen molar-refractivity contribution in [2.75, 3.05) is 11.3 Å². The third-order valence-electron chi connectivity index (χ3n) is 4.73. The fourth-order valence-corrected chi connectivity index (χ4v) is 4.13. The standard InChI is InChI=1S/C23H19F3N4O3S/c24-23(25,26)19-5-1-6-20(14-19)29-34(32,33)21-9-7-18(8-10-21)22(31)30(13-3-11-27)16-17-4-2-12-28-15-17/h1-2,4-10,12,14-15,29H,3,13,16H2. The highest BCUT2D eigenvalue weighted by molar-refractivity contribution is 7.92. The predicted octanol–water partition coefficient (Wildman–Crippen LogP) is 4.46. The first-order chi connectivity index (χ1) is 16.1. The van der Waals surface area contributed by atoms with Crippen LogP contribution in [0.1, 0.15) is 27.9 Å². The van der Waals surface area contributed by atoms with Crippen LogP contribution in [-0.2, 0) is 22.7 Å². The number of carbonyl (C=O) groups is 1. The molecule has 3 rings (SSSR count). The number of benzene rings is 2. The lowest BCUT2D eigenvalue weighted by Gasteiger charge is -2.22. The number of alkyl halides is 3. The summed E-state index contributed by atoms with van der Waals surface area (Å²) in [5.41, 5.74) is -0.271. The smallest absolute Gasteiger partial charge is 0.333 e. The van der Waals surface area contributed by atoms with Crippen molar-refractivity contribution in [1.29, 1.82) is 5.26 Å². The number of anilines is 1. The fraction of sp³-hybridized carbons (Fsp3) is 0.174. The first-order valence-electron chi connectivity index (χ1n) is 9.95. The number of pyridine rings is 1. The lowest BCUT2D eigenvalue weighted by atomic mass is 10.1. The van der Waals surface area contributed by atoms with Crippen LogP contribution in [0.15, 0.2) is 78.0 Å². The van der Waals surface area contributed by atoms with E-state index in [1.165, 1.54) is 35.2 Å². The van der Waals surface area contributed by atoms with Crippen molar-refractivity contribution in [3.63, 3.8) is 0 Å². The number of nitriles is 1. The normalized spacial score (nSPS) is 11.5. The molecule has 7 nitrogen and oxygen atoms in total. The number of hydrogen-bond acceptors (Lipinski definition) is 5. The average Bonchev–Trinajstić information content (AvgIpc) is 2.81. The third kappa shape index (κ3) is 6.32. The summed E-state index contributed by atoms with van der Waals surface area (Å²) >= 11 is 0. The Morgan fingerprint density at radius 3 is 2.44 bits per heavy atom. The highest BCUT2D eigenvalue weighted by Gasteiger charge is 2.30. The number of halogens is 3. The molecule has 0 spiro atoms. The van der Waals surface area contributed by atoms with E-state index in [0.717, 1.165) is 17.7 Å². The molecule has 0 atom stereocenters. The van der Waals surface area contributed by atoms with Gasteiger partial charge >= 0.3 is 6.18 Å². The van der Waals surface area contributed by atoms with Gasteiger partial charge in [-0.1, -0.05) is 12.1 Å². The maximum absolute atomic E-state index is 13.0. The second kappa shape index (κ2) is 10.4. The molecule has 34 heavy (non-hydrogen) atoms. The summed E-state index contributed by atoms with van der Waals surface area (Å²) in [6.45, 7) is 0.382. The van der Waals surface area contributed by atoms with Crippen LogP contribution in [0.3, 0.4) is 0 Å². The predicted molar refractivity (Wildman–Crippen MR) is 118 cm³/mol. The van der Waals surface area contributed by atoms with E-state index in [1.54, 1.807) is 24.5 Å². The molecule has 11 heteroatoms. The lowest BCUT2D eigenvalue weighted by molar-refractivity contribution is -0.137. The molecule has 0 bridgehead atoms. The summed E-state index contributed by atoms with van der Waals surface area (Å²) in [7, 11) is -4.19. The number of amides is 1. The monoisotopic (exact) mass is 488 g/mol. The van der Waals surface area contributed by atoms with Crippen molar-refractivity contribution in [2.45, 2.75) is 24.0 Å². The largest absolute Gasteiger partial charge is 0.416 e. The van der Waals surface area contributed by atoms with Crippen LogP contribution in [0.25, 0.3) is 0 Å². The molecule has 0 fully saturated rings. The first-order valence-corrected chi connectivity index (χ1v) is 11.4. The minimum Gasteiger partial charge on any atom is -0.333 e. The number of carbonyl (C=O) groups excluding carboxylic acids is 1. The molecule has 1 N–H and O–H groups in total. The van der Waals surface area contributed by atoms with Crippen molar-refractivity contribution in [3.8, 4) is 6.07 Å². The van der Waals surface area contributed by atoms with E-state index in [-0.39, 0.29) is 35.7 Å². The maximum Gasteiger partial charge on any atom is 0.416 e. The summed E-state index contributed by atoms with van der Waals surface area (Å²) in [6.07, 6.45) is -1.31. The van der Waals surface area contributed by atoms with Gasteiger partial charge in [-0.15, -0.1) is 0 Å². The summed E-state index contributed by atoms with van der Waals surface area (Å²) in [5.74, 6) is -0.408. The molecule has 0 saturated heterocycles. The molecule has 3 aromatic rings. The molecule has 0 radical (unpaired) electrons. The van der Waals surface area contributed by atoms with Gasteiger partial charge in [0.05, 0.1) is 22.9 Å². The van der Waals surface area contributed by atoms with E-state index < -0.39 is 27.7 Å². The van der Waals surface area contributed by atoms with Crippen LogP contribution < -0.4 is 4.72 Å². The second-order valence-corrected chi connectivity index (χ2v) is 8.89. The van der Waals surface area contributed by atoms with Crippen LogP contribution in [-0.4, -0.2) is 30.8 Å². The Kier molecular flexibility index (Phi) is 7.53. The van der Waals surface area contributed by atoms with Crippen molar-refractivity contribution in [3.05, 3.63) is 89.7 Å². The zero-order valence-corrected chi connectivity index (χ0v) is 18.5. The molecule has 176 valence electrons. The Balaban J connectivity index is 1.78. The minimum atomic E-state index is -4.61. The van der Waals surface area contributed by atoms with Crippen molar-refractivity contribution < 1.29 is 26.4 Å². The third-order valence-corrected chi connectivity index (χ3v) is 6.13. The number of nitrogens with zero attached hydrogens (tertiary/aromatic N) is 3. The SMILES string of the molecule is N#CCCN(Cc1cccnc1)C(=O)c1ccc(S(=O)(=O)Nc2cccc(C(F)(F)F)c2)cc1. The molecule has 1 heterocycles. The molecular formula is C23H19F3N4O3S. The highest BCUT2D eigenvalue weighted by Crippen LogP contribution is 2.31. The Labute approximate surface area is 194 Å². The minimum absolute atomic E-state index is 0.110. The quantitative estimate of drug-likeness (QED) is 0.504. The van der Waals surface area contributed by atoms with Gasteiger partial charge in [-0.2, -0.15) is 18.4 Å². The van der Waals surface area contributed by atoms with Gasteiger partial charge in [0, 0.05) is 36.7 Å². The Hall–Kier alpha value is -3.91. The summed E-state index contributed by atoms with van der Waals surface area (Å²) < 4.78 is 66.0. The highest BCUT2D eigenvalue weighted by atomic mass is 32.2. The second-order valence-electron chi connectivity index (χ2n) is 7.20. The van der Waals surface area contributed by atoms with E-state index in [1.807, 2.05) is 6.07 Å². The number of aromatic nitrogens is 1. The molecule has 0 unspecified atom stereocenters. The van der Waals surface area contributed by atoms with E-state index in [2.05, 4.69) is 9.71 Å². The van der Waals surface area contributed by atoms with Gasteiger partial charge in [0.25, 0.3) is 15.9 Å². The zero-order valence-electron chi connectivity index (χ0n) is 17.7. The molecule has 1 amide bonds. The topological polar surface area (TPSA) is 103 Å². The molecule has 0 saturated carbocycles. The van der Waals surface area contributed by atoms with E-state index in [4.69, 9.17) is 5.26 Å². The van der Waals surface area contributed by atoms with E-state index >= 15 is 0 Å². The van der Waals surface area contributed by atoms with Crippen LogP contribution in [0.2, 0.25) is 0 Å². The number of rotatable bonds is 8. The zero-order chi connectivity index (χ0) is 24.8. The van der Waals surface area contributed by atoms with Gasteiger partial charge in [-0.05, 0) is 54.1 Å². The lowest BCUT2D eigenvalue weighted by Crippen LogP contribution is -2.31. The average molecular weight is 488 g/mol.